The zero-order valence-corrected chi connectivity index (χ0v) is 16.4. The molecule has 150 valence electrons. The summed E-state index contributed by atoms with van der Waals surface area (Å²) in [5.74, 6) is 1.00. The van der Waals surface area contributed by atoms with Crippen LogP contribution in [0.3, 0.4) is 0 Å². The highest BCUT2D eigenvalue weighted by Crippen LogP contribution is 2.22. The molecule has 7 nitrogen and oxygen atoms in total. The Kier molecular flexibility index (Phi) is 6.57. The van der Waals surface area contributed by atoms with E-state index >= 15 is 0 Å². The van der Waals surface area contributed by atoms with E-state index in [-0.39, 0.29) is 11.9 Å². The van der Waals surface area contributed by atoms with Crippen molar-refractivity contribution >= 4 is 17.6 Å². The molecule has 1 N–H and O–H groups in total. The Hall–Kier alpha value is -2.96. The molecule has 2 heterocycles. The Morgan fingerprint density at radius 1 is 1.14 bits per heavy atom. The standard InChI is InChI=1S/C21H27N3O4/c1-3-4-13-27-17-7-8-18(16(2)15-17)22-21(26)24-11-9-23(10-12-24)20(25)19-6-5-14-28-19/h5-8,14-15H,3-4,9-13H2,1-2H3,(H,22,26). The average Bonchev–Trinajstić information content (AvgIpc) is 3.24. The number of furan rings is 1. The van der Waals surface area contributed by atoms with Crippen LogP contribution in [0.1, 0.15) is 35.9 Å². The van der Waals surface area contributed by atoms with Crippen LogP contribution in [-0.4, -0.2) is 54.5 Å². The molecule has 0 aliphatic carbocycles. The number of benzene rings is 1. The third kappa shape index (κ3) is 4.85. The predicted octanol–water partition coefficient (Wildman–Crippen LogP) is 3.76. The average molecular weight is 385 g/mol. The number of unbranched alkanes of at least 4 members (excludes halogenated alkanes) is 1. The molecule has 0 saturated carbocycles. The van der Waals surface area contributed by atoms with Gasteiger partial charge in [-0.15, -0.1) is 0 Å². The van der Waals surface area contributed by atoms with Crippen molar-refractivity contribution in [1.29, 1.82) is 0 Å². The summed E-state index contributed by atoms with van der Waals surface area (Å²) in [7, 11) is 0. The molecule has 7 heteroatoms. The minimum Gasteiger partial charge on any atom is -0.494 e. The fraction of sp³-hybridized carbons (Fsp3) is 0.429. The molecule has 1 fully saturated rings. The van der Waals surface area contributed by atoms with Crippen molar-refractivity contribution in [3.05, 3.63) is 47.9 Å². The zero-order valence-electron chi connectivity index (χ0n) is 16.4. The first-order valence-corrected chi connectivity index (χ1v) is 9.70. The summed E-state index contributed by atoms with van der Waals surface area (Å²) in [5.41, 5.74) is 1.72. The monoisotopic (exact) mass is 385 g/mol. The number of hydrogen-bond acceptors (Lipinski definition) is 4. The second-order valence-electron chi connectivity index (χ2n) is 6.87. The molecule has 0 unspecified atom stereocenters. The van der Waals surface area contributed by atoms with Crippen molar-refractivity contribution in [2.24, 2.45) is 0 Å². The quantitative estimate of drug-likeness (QED) is 0.769. The molecule has 1 saturated heterocycles. The smallest absolute Gasteiger partial charge is 0.321 e. The number of nitrogens with zero attached hydrogens (tertiary/aromatic N) is 2. The lowest BCUT2D eigenvalue weighted by Crippen LogP contribution is -2.51. The van der Waals surface area contributed by atoms with Crippen molar-refractivity contribution in [3.63, 3.8) is 0 Å². The van der Waals surface area contributed by atoms with Crippen LogP contribution >= 0.6 is 0 Å². The summed E-state index contributed by atoms with van der Waals surface area (Å²) in [6.07, 6.45) is 3.60. The number of piperazine rings is 1. The van der Waals surface area contributed by atoms with Crippen LogP contribution in [0.4, 0.5) is 10.5 Å². The van der Waals surface area contributed by atoms with Crippen LogP contribution in [0.15, 0.2) is 41.0 Å². The topological polar surface area (TPSA) is 75.0 Å². The van der Waals surface area contributed by atoms with E-state index in [0.717, 1.165) is 29.8 Å². The molecule has 0 atom stereocenters. The maximum absolute atomic E-state index is 12.6. The van der Waals surface area contributed by atoms with Gasteiger partial charge in [-0.1, -0.05) is 13.3 Å². The van der Waals surface area contributed by atoms with Crippen molar-refractivity contribution in [2.75, 3.05) is 38.1 Å². The molecule has 0 radical (unpaired) electrons. The molecular weight excluding hydrogens is 358 g/mol. The van der Waals surface area contributed by atoms with Crippen LogP contribution < -0.4 is 10.1 Å². The predicted molar refractivity (Wildman–Crippen MR) is 107 cm³/mol. The Morgan fingerprint density at radius 3 is 2.54 bits per heavy atom. The molecule has 28 heavy (non-hydrogen) atoms. The van der Waals surface area contributed by atoms with Gasteiger partial charge in [0, 0.05) is 31.9 Å². The number of rotatable bonds is 6. The van der Waals surface area contributed by atoms with Gasteiger partial charge < -0.3 is 24.3 Å². The number of hydrogen-bond donors (Lipinski definition) is 1. The normalized spacial score (nSPS) is 14.1. The molecule has 1 aromatic heterocycles. The summed E-state index contributed by atoms with van der Waals surface area (Å²) < 4.78 is 10.9. The molecule has 3 amide bonds. The Morgan fingerprint density at radius 2 is 1.89 bits per heavy atom. The molecule has 1 aromatic carbocycles. The van der Waals surface area contributed by atoms with E-state index in [4.69, 9.17) is 9.15 Å². The molecule has 0 bridgehead atoms. The number of nitrogens with one attached hydrogen (secondary N) is 1. The summed E-state index contributed by atoms with van der Waals surface area (Å²) in [6, 6.07) is 8.86. The van der Waals surface area contributed by atoms with E-state index in [0.29, 0.717) is 38.5 Å². The number of aryl methyl sites for hydroxylation is 1. The molecule has 2 aromatic rings. The summed E-state index contributed by atoms with van der Waals surface area (Å²) in [5, 5.41) is 2.96. The minimum absolute atomic E-state index is 0.139. The first-order valence-electron chi connectivity index (χ1n) is 9.70. The van der Waals surface area contributed by atoms with Gasteiger partial charge in [0.2, 0.25) is 0 Å². The van der Waals surface area contributed by atoms with E-state index in [1.165, 1.54) is 6.26 Å². The van der Waals surface area contributed by atoms with Crippen molar-refractivity contribution in [1.82, 2.24) is 9.80 Å². The summed E-state index contributed by atoms with van der Waals surface area (Å²) in [4.78, 5) is 28.3. The van der Waals surface area contributed by atoms with E-state index < -0.39 is 0 Å². The van der Waals surface area contributed by atoms with Crippen LogP contribution in [0.25, 0.3) is 0 Å². The molecule has 3 rings (SSSR count). The van der Waals surface area contributed by atoms with E-state index in [1.807, 2.05) is 25.1 Å². The van der Waals surface area contributed by atoms with Crippen molar-refractivity contribution in [2.45, 2.75) is 26.7 Å². The van der Waals surface area contributed by atoms with Crippen LogP contribution in [-0.2, 0) is 0 Å². The first-order chi connectivity index (χ1) is 13.6. The summed E-state index contributed by atoms with van der Waals surface area (Å²) in [6.45, 7) is 6.70. The second-order valence-corrected chi connectivity index (χ2v) is 6.87. The highest BCUT2D eigenvalue weighted by molar-refractivity contribution is 5.92. The van der Waals surface area contributed by atoms with Gasteiger partial charge in [-0.2, -0.15) is 0 Å². The zero-order chi connectivity index (χ0) is 19.9. The third-order valence-electron chi connectivity index (χ3n) is 4.79. The SMILES string of the molecule is CCCCOc1ccc(NC(=O)N2CCN(C(=O)c3ccco3)CC2)c(C)c1. The maximum atomic E-state index is 12.6. The van der Waals surface area contributed by atoms with Gasteiger partial charge in [-0.05, 0) is 49.2 Å². The number of amides is 3. The number of urea groups is 1. The van der Waals surface area contributed by atoms with Crippen molar-refractivity contribution in [3.8, 4) is 5.75 Å². The Labute approximate surface area is 165 Å². The second kappa shape index (κ2) is 9.30. The Bertz CT molecular complexity index is 796. The van der Waals surface area contributed by atoms with Gasteiger partial charge in [0.05, 0.1) is 12.9 Å². The lowest BCUT2D eigenvalue weighted by Gasteiger charge is -2.34. The maximum Gasteiger partial charge on any atom is 0.321 e. The van der Waals surface area contributed by atoms with Crippen LogP contribution in [0, 0.1) is 6.92 Å². The molecular formula is C21H27N3O4. The van der Waals surface area contributed by atoms with E-state index in [1.54, 1.807) is 21.9 Å². The van der Waals surface area contributed by atoms with Crippen LogP contribution in [0.5, 0.6) is 5.75 Å². The number of carbonyl (C=O) groups is 2. The fourth-order valence-electron chi connectivity index (χ4n) is 3.06. The molecule has 1 aliphatic rings. The number of anilines is 1. The van der Waals surface area contributed by atoms with Gasteiger partial charge in [-0.25, -0.2) is 4.79 Å². The Balaban J connectivity index is 1.51. The van der Waals surface area contributed by atoms with Gasteiger partial charge in [0.25, 0.3) is 5.91 Å². The molecule has 1 aliphatic heterocycles. The van der Waals surface area contributed by atoms with Crippen molar-refractivity contribution < 1.29 is 18.7 Å². The lowest BCUT2D eigenvalue weighted by atomic mass is 10.2. The number of ether oxygens (including phenoxy) is 1. The molecule has 0 spiro atoms. The third-order valence-corrected chi connectivity index (χ3v) is 4.79. The van der Waals surface area contributed by atoms with Gasteiger partial charge in [-0.3, -0.25) is 4.79 Å². The minimum atomic E-state index is -0.159. The largest absolute Gasteiger partial charge is 0.494 e. The van der Waals surface area contributed by atoms with Gasteiger partial charge in [0.15, 0.2) is 5.76 Å². The highest BCUT2D eigenvalue weighted by Gasteiger charge is 2.26. The highest BCUT2D eigenvalue weighted by atomic mass is 16.5. The van der Waals surface area contributed by atoms with Gasteiger partial charge in [0.1, 0.15) is 5.75 Å². The van der Waals surface area contributed by atoms with E-state index in [9.17, 15) is 9.59 Å². The fourth-order valence-corrected chi connectivity index (χ4v) is 3.06. The van der Waals surface area contributed by atoms with Crippen LogP contribution in [0.2, 0.25) is 0 Å². The van der Waals surface area contributed by atoms with Gasteiger partial charge >= 0.3 is 6.03 Å². The lowest BCUT2D eigenvalue weighted by molar-refractivity contribution is 0.0640. The first kappa shape index (κ1) is 19.8. The summed E-state index contributed by atoms with van der Waals surface area (Å²) >= 11 is 0. The number of carbonyl (C=O) groups excluding carboxylic acids is 2. The van der Waals surface area contributed by atoms with E-state index in [2.05, 4.69) is 12.2 Å².